The highest BCUT2D eigenvalue weighted by Crippen LogP contribution is 2.23. The Morgan fingerprint density at radius 2 is 2.06 bits per heavy atom. The summed E-state index contributed by atoms with van der Waals surface area (Å²) in [7, 11) is 0. The minimum atomic E-state index is -4.13. The lowest BCUT2D eigenvalue weighted by atomic mass is 10.0. The predicted molar refractivity (Wildman–Crippen MR) is 70.6 cm³/mol. The molecule has 5 heteroatoms. The summed E-state index contributed by atoms with van der Waals surface area (Å²) < 4.78 is 38.3. The van der Waals surface area contributed by atoms with Gasteiger partial charge in [0.2, 0.25) is 0 Å². The highest BCUT2D eigenvalue weighted by atomic mass is 79.9. The molecule has 102 valence electrons. The summed E-state index contributed by atoms with van der Waals surface area (Å²) in [6, 6.07) is 6.85. The van der Waals surface area contributed by atoms with Gasteiger partial charge in [0.05, 0.1) is 6.42 Å². The van der Waals surface area contributed by atoms with Gasteiger partial charge in [-0.25, -0.2) is 0 Å². The van der Waals surface area contributed by atoms with Crippen LogP contribution in [0.25, 0.3) is 0 Å². The number of nitrogens with one attached hydrogen (secondary N) is 1. The first-order chi connectivity index (χ1) is 8.40. The van der Waals surface area contributed by atoms with Crippen LogP contribution >= 0.6 is 15.9 Å². The van der Waals surface area contributed by atoms with Crippen molar-refractivity contribution >= 4 is 15.9 Å². The third-order valence-corrected chi connectivity index (χ3v) is 3.03. The summed E-state index contributed by atoms with van der Waals surface area (Å²) in [6.45, 7) is 2.55. The zero-order chi connectivity index (χ0) is 13.6. The van der Waals surface area contributed by atoms with Crippen molar-refractivity contribution in [2.24, 2.45) is 0 Å². The quantitative estimate of drug-likeness (QED) is 0.822. The maximum Gasteiger partial charge on any atom is 0.390 e. The average molecular weight is 324 g/mol. The van der Waals surface area contributed by atoms with Crippen LogP contribution in [0.15, 0.2) is 28.7 Å². The zero-order valence-electron chi connectivity index (χ0n) is 10.2. The summed E-state index contributed by atoms with van der Waals surface area (Å²) in [5, 5.41) is 2.96. The fourth-order valence-corrected chi connectivity index (χ4v) is 2.24. The number of alkyl halides is 3. The first-order valence-corrected chi connectivity index (χ1v) is 6.74. The number of hydrogen-bond acceptors (Lipinski definition) is 1. The first kappa shape index (κ1) is 15.5. The number of halogens is 4. The van der Waals surface area contributed by atoms with Gasteiger partial charge in [-0.2, -0.15) is 13.2 Å². The monoisotopic (exact) mass is 323 g/mol. The van der Waals surface area contributed by atoms with Crippen molar-refractivity contribution in [1.29, 1.82) is 0 Å². The SMILES string of the molecule is CCCNC(Cc1cccc(Br)c1)CC(F)(F)F. The van der Waals surface area contributed by atoms with Crippen LogP contribution in [0, 0.1) is 0 Å². The van der Waals surface area contributed by atoms with Crippen molar-refractivity contribution in [3.8, 4) is 0 Å². The van der Waals surface area contributed by atoms with Gasteiger partial charge in [0, 0.05) is 10.5 Å². The highest BCUT2D eigenvalue weighted by Gasteiger charge is 2.31. The van der Waals surface area contributed by atoms with Gasteiger partial charge in [0.25, 0.3) is 0 Å². The van der Waals surface area contributed by atoms with E-state index in [0.717, 1.165) is 16.5 Å². The van der Waals surface area contributed by atoms with Crippen molar-refractivity contribution < 1.29 is 13.2 Å². The third kappa shape index (κ3) is 6.40. The van der Waals surface area contributed by atoms with E-state index in [1.165, 1.54) is 0 Å². The molecule has 0 saturated heterocycles. The van der Waals surface area contributed by atoms with Crippen molar-refractivity contribution in [3.05, 3.63) is 34.3 Å². The fourth-order valence-electron chi connectivity index (χ4n) is 1.79. The van der Waals surface area contributed by atoms with Gasteiger partial charge in [-0.1, -0.05) is 35.0 Å². The normalized spacial score (nSPS) is 13.6. The Bertz CT molecular complexity index is 365. The molecule has 0 aliphatic heterocycles. The van der Waals surface area contributed by atoms with Crippen LogP contribution in [0.3, 0.4) is 0 Å². The van der Waals surface area contributed by atoms with E-state index in [-0.39, 0.29) is 0 Å². The summed E-state index contributed by atoms with van der Waals surface area (Å²) in [5.74, 6) is 0. The van der Waals surface area contributed by atoms with Crippen LogP contribution in [-0.2, 0) is 6.42 Å². The highest BCUT2D eigenvalue weighted by molar-refractivity contribution is 9.10. The Balaban J connectivity index is 2.65. The van der Waals surface area contributed by atoms with Crippen molar-refractivity contribution in [3.63, 3.8) is 0 Å². The third-order valence-electron chi connectivity index (χ3n) is 2.53. The Morgan fingerprint density at radius 3 is 2.61 bits per heavy atom. The minimum Gasteiger partial charge on any atom is -0.313 e. The lowest BCUT2D eigenvalue weighted by Crippen LogP contribution is -2.36. The smallest absolute Gasteiger partial charge is 0.313 e. The topological polar surface area (TPSA) is 12.0 Å². The summed E-state index contributed by atoms with van der Waals surface area (Å²) in [4.78, 5) is 0. The molecule has 1 nitrogen and oxygen atoms in total. The van der Waals surface area contributed by atoms with Crippen molar-refractivity contribution in [2.75, 3.05) is 6.54 Å². The second kappa shape index (κ2) is 7.14. The summed E-state index contributed by atoms with van der Waals surface area (Å²) in [5.41, 5.74) is 0.905. The molecule has 1 atom stereocenters. The summed E-state index contributed by atoms with van der Waals surface area (Å²) in [6.07, 6.45) is -3.71. The maximum atomic E-state index is 12.5. The summed E-state index contributed by atoms with van der Waals surface area (Å²) >= 11 is 3.32. The number of benzene rings is 1. The molecule has 0 bridgehead atoms. The fraction of sp³-hybridized carbons (Fsp3) is 0.538. The second-order valence-corrected chi connectivity index (χ2v) is 5.22. The molecule has 1 unspecified atom stereocenters. The Hall–Kier alpha value is -0.550. The molecule has 1 rings (SSSR count). The van der Waals surface area contributed by atoms with Crippen LogP contribution < -0.4 is 5.32 Å². The molecule has 0 aromatic heterocycles. The first-order valence-electron chi connectivity index (χ1n) is 5.95. The van der Waals surface area contributed by atoms with Crippen LogP contribution in [-0.4, -0.2) is 18.8 Å². The van der Waals surface area contributed by atoms with E-state index < -0.39 is 18.6 Å². The number of hydrogen-bond donors (Lipinski definition) is 1. The zero-order valence-corrected chi connectivity index (χ0v) is 11.8. The van der Waals surface area contributed by atoms with Crippen LogP contribution in [0.5, 0.6) is 0 Å². The molecule has 0 amide bonds. The van der Waals surface area contributed by atoms with Crippen LogP contribution in [0.2, 0.25) is 0 Å². The van der Waals surface area contributed by atoms with Gasteiger partial charge >= 0.3 is 6.18 Å². The van der Waals surface area contributed by atoms with E-state index >= 15 is 0 Å². The van der Waals surface area contributed by atoms with Crippen LogP contribution in [0.4, 0.5) is 13.2 Å². The van der Waals surface area contributed by atoms with Gasteiger partial charge in [0.1, 0.15) is 0 Å². The van der Waals surface area contributed by atoms with E-state index in [2.05, 4.69) is 21.2 Å². The van der Waals surface area contributed by atoms with Crippen LogP contribution in [0.1, 0.15) is 25.3 Å². The predicted octanol–water partition coefficient (Wildman–Crippen LogP) is 4.31. The van der Waals surface area contributed by atoms with E-state index in [9.17, 15) is 13.2 Å². The molecule has 1 N–H and O–H groups in total. The van der Waals surface area contributed by atoms with Gasteiger partial charge in [-0.05, 0) is 37.1 Å². The van der Waals surface area contributed by atoms with Crippen molar-refractivity contribution in [2.45, 2.75) is 38.4 Å². The molecule has 1 aromatic rings. The molecule has 0 aliphatic rings. The van der Waals surface area contributed by atoms with E-state index in [1.54, 1.807) is 0 Å². The molecule has 0 fully saturated rings. The lowest BCUT2D eigenvalue weighted by Gasteiger charge is -2.20. The largest absolute Gasteiger partial charge is 0.390 e. The molecule has 0 spiro atoms. The van der Waals surface area contributed by atoms with E-state index in [4.69, 9.17) is 0 Å². The minimum absolute atomic E-state index is 0.388. The molecule has 0 saturated carbocycles. The standard InChI is InChI=1S/C13H17BrF3N/c1-2-6-18-12(9-13(15,16)17)8-10-4-3-5-11(14)7-10/h3-5,7,12,18H,2,6,8-9H2,1H3. The molecule has 0 aliphatic carbocycles. The lowest BCUT2D eigenvalue weighted by molar-refractivity contribution is -0.139. The molecule has 1 aromatic carbocycles. The van der Waals surface area contributed by atoms with Gasteiger partial charge in [-0.3, -0.25) is 0 Å². The molecule has 0 radical (unpaired) electrons. The second-order valence-electron chi connectivity index (χ2n) is 4.30. The Kier molecular flexibility index (Phi) is 6.15. The maximum absolute atomic E-state index is 12.5. The Labute approximate surface area is 114 Å². The molecule has 0 heterocycles. The molecular weight excluding hydrogens is 307 g/mol. The average Bonchev–Trinajstić information content (AvgIpc) is 2.24. The molecular formula is C13H17BrF3N. The van der Waals surface area contributed by atoms with Crippen molar-refractivity contribution in [1.82, 2.24) is 5.32 Å². The van der Waals surface area contributed by atoms with Gasteiger partial charge in [-0.15, -0.1) is 0 Å². The van der Waals surface area contributed by atoms with Gasteiger partial charge in [0.15, 0.2) is 0 Å². The Morgan fingerprint density at radius 1 is 1.33 bits per heavy atom. The van der Waals surface area contributed by atoms with Gasteiger partial charge < -0.3 is 5.32 Å². The van der Waals surface area contributed by atoms with E-state index in [1.807, 2.05) is 31.2 Å². The van der Waals surface area contributed by atoms with E-state index in [0.29, 0.717) is 13.0 Å². The number of rotatable bonds is 6. The molecule has 18 heavy (non-hydrogen) atoms.